The molecule has 1 aromatic rings. The second-order valence-corrected chi connectivity index (χ2v) is 6.06. The lowest BCUT2D eigenvalue weighted by molar-refractivity contribution is -0.178. The Morgan fingerprint density at radius 1 is 1.27 bits per heavy atom. The third-order valence-corrected chi connectivity index (χ3v) is 4.52. The van der Waals surface area contributed by atoms with Crippen LogP contribution in [0.25, 0.3) is 0 Å². The van der Waals surface area contributed by atoms with Gasteiger partial charge >= 0.3 is 5.97 Å². The molecule has 1 N–H and O–H groups in total. The average molecular weight is 307 g/mol. The van der Waals surface area contributed by atoms with Crippen molar-refractivity contribution in [2.24, 2.45) is 0 Å². The van der Waals surface area contributed by atoms with Gasteiger partial charge in [0.25, 0.3) is 0 Å². The molecule has 2 unspecified atom stereocenters. The van der Waals surface area contributed by atoms with E-state index in [4.69, 9.17) is 9.15 Å². The Labute approximate surface area is 129 Å². The lowest BCUT2D eigenvalue weighted by atomic mass is 9.91. The van der Waals surface area contributed by atoms with Gasteiger partial charge in [0, 0.05) is 6.04 Å². The Morgan fingerprint density at radius 3 is 2.59 bits per heavy atom. The maximum Gasteiger partial charge on any atom is 0.335 e. The molecule has 22 heavy (non-hydrogen) atoms. The van der Waals surface area contributed by atoms with Crippen LogP contribution in [0.1, 0.15) is 49.7 Å². The van der Waals surface area contributed by atoms with Crippen LogP contribution in [0.3, 0.4) is 0 Å². The van der Waals surface area contributed by atoms with Crippen LogP contribution in [0.2, 0.25) is 0 Å². The molecule has 1 aromatic heterocycles. The minimum atomic E-state index is -1.08. The Kier molecular flexibility index (Phi) is 4.20. The van der Waals surface area contributed by atoms with Gasteiger partial charge in [0.2, 0.25) is 5.91 Å². The number of ether oxygens (including phenoxy) is 1. The molecule has 0 aromatic carbocycles. The van der Waals surface area contributed by atoms with Crippen molar-refractivity contribution in [1.82, 2.24) is 4.90 Å². The molecule has 3 rings (SSSR count). The van der Waals surface area contributed by atoms with E-state index in [2.05, 4.69) is 0 Å². The molecule has 0 bridgehead atoms. The van der Waals surface area contributed by atoms with Crippen molar-refractivity contribution in [2.45, 2.75) is 57.2 Å². The number of morpholine rings is 1. The smallest absolute Gasteiger partial charge is 0.335 e. The van der Waals surface area contributed by atoms with Gasteiger partial charge in [0.15, 0.2) is 6.10 Å². The quantitative estimate of drug-likeness (QED) is 0.926. The van der Waals surface area contributed by atoms with E-state index in [1.165, 1.54) is 6.42 Å². The third-order valence-electron chi connectivity index (χ3n) is 4.52. The van der Waals surface area contributed by atoms with Crippen molar-refractivity contribution in [3.8, 4) is 0 Å². The minimum absolute atomic E-state index is 0.0717. The molecule has 2 aliphatic rings. The van der Waals surface area contributed by atoms with E-state index in [0.717, 1.165) is 25.7 Å². The standard InChI is InChI=1S/C16H21NO5/c1-10-7-8-12(22-10)14-15(16(19)20)21-9-13(18)17(14)11-5-3-2-4-6-11/h7-8,11,14-15H,2-6,9H2,1H3,(H,19,20). The van der Waals surface area contributed by atoms with Gasteiger partial charge < -0.3 is 19.2 Å². The fourth-order valence-electron chi connectivity index (χ4n) is 3.52. The van der Waals surface area contributed by atoms with Crippen LogP contribution < -0.4 is 0 Å². The van der Waals surface area contributed by atoms with Gasteiger partial charge in [-0.1, -0.05) is 19.3 Å². The highest BCUT2D eigenvalue weighted by molar-refractivity contribution is 5.83. The first-order valence-electron chi connectivity index (χ1n) is 7.80. The van der Waals surface area contributed by atoms with Gasteiger partial charge in [-0.15, -0.1) is 0 Å². The van der Waals surface area contributed by atoms with Gasteiger partial charge in [0.05, 0.1) is 0 Å². The number of rotatable bonds is 3. The zero-order valence-electron chi connectivity index (χ0n) is 12.7. The molecule has 120 valence electrons. The van der Waals surface area contributed by atoms with Crippen molar-refractivity contribution >= 4 is 11.9 Å². The molecule has 1 aliphatic heterocycles. The molecular weight excluding hydrogens is 286 g/mol. The summed E-state index contributed by atoms with van der Waals surface area (Å²) in [6, 6.07) is 2.91. The number of aliphatic carboxylic acids is 1. The molecule has 1 saturated carbocycles. The van der Waals surface area contributed by atoms with E-state index in [9.17, 15) is 14.7 Å². The lowest BCUT2D eigenvalue weighted by Gasteiger charge is -2.44. The second-order valence-electron chi connectivity index (χ2n) is 6.06. The predicted molar refractivity (Wildman–Crippen MR) is 77.3 cm³/mol. The summed E-state index contributed by atoms with van der Waals surface area (Å²) in [7, 11) is 0. The summed E-state index contributed by atoms with van der Waals surface area (Å²) < 4.78 is 10.9. The highest BCUT2D eigenvalue weighted by Gasteiger charge is 2.46. The number of nitrogens with zero attached hydrogens (tertiary/aromatic N) is 1. The fraction of sp³-hybridized carbons (Fsp3) is 0.625. The van der Waals surface area contributed by atoms with Crippen LogP contribution in [-0.2, 0) is 14.3 Å². The van der Waals surface area contributed by atoms with Crippen LogP contribution in [-0.4, -0.2) is 40.6 Å². The Hall–Kier alpha value is -1.82. The molecule has 1 amide bonds. The molecule has 6 nitrogen and oxygen atoms in total. The van der Waals surface area contributed by atoms with E-state index in [1.807, 2.05) is 0 Å². The molecule has 6 heteroatoms. The second kappa shape index (κ2) is 6.12. The summed E-state index contributed by atoms with van der Waals surface area (Å²) in [4.78, 5) is 25.7. The number of carbonyl (C=O) groups is 2. The predicted octanol–water partition coefficient (Wildman–Crippen LogP) is 2.27. The van der Waals surface area contributed by atoms with E-state index < -0.39 is 18.1 Å². The molecule has 2 fully saturated rings. The van der Waals surface area contributed by atoms with E-state index in [-0.39, 0.29) is 18.6 Å². The van der Waals surface area contributed by atoms with Crippen LogP contribution in [0, 0.1) is 6.92 Å². The van der Waals surface area contributed by atoms with E-state index >= 15 is 0 Å². The molecule has 1 aliphatic carbocycles. The number of hydrogen-bond donors (Lipinski definition) is 1. The van der Waals surface area contributed by atoms with Crippen molar-refractivity contribution < 1.29 is 23.8 Å². The first-order valence-corrected chi connectivity index (χ1v) is 7.80. The molecule has 0 spiro atoms. The number of amides is 1. The summed E-state index contributed by atoms with van der Waals surface area (Å²) in [5, 5.41) is 9.47. The van der Waals surface area contributed by atoms with Gasteiger partial charge in [-0.25, -0.2) is 4.79 Å². The van der Waals surface area contributed by atoms with Crippen molar-refractivity contribution in [3.63, 3.8) is 0 Å². The zero-order valence-corrected chi connectivity index (χ0v) is 12.7. The topological polar surface area (TPSA) is 80.0 Å². The fourth-order valence-corrected chi connectivity index (χ4v) is 3.52. The highest BCUT2D eigenvalue weighted by atomic mass is 16.5. The third kappa shape index (κ3) is 2.75. The molecule has 1 saturated heterocycles. The summed E-state index contributed by atoms with van der Waals surface area (Å²) >= 11 is 0. The molecule has 2 atom stereocenters. The number of furan rings is 1. The van der Waals surface area contributed by atoms with Gasteiger partial charge in [-0.05, 0) is 31.9 Å². The maximum atomic E-state index is 12.4. The number of carboxylic acids is 1. The summed E-state index contributed by atoms with van der Waals surface area (Å²) in [6.07, 6.45) is 4.04. The average Bonchev–Trinajstić information content (AvgIpc) is 2.93. The Morgan fingerprint density at radius 2 is 2.00 bits per heavy atom. The van der Waals surface area contributed by atoms with Crippen molar-refractivity contribution in [1.29, 1.82) is 0 Å². The van der Waals surface area contributed by atoms with Crippen molar-refractivity contribution in [2.75, 3.05) is 6.61 Å². The largest absolute Gasteiger partial charge is 0.479 e. The molecule has 2 heterocycles. The van der Waals surface area contributed by atoms with E-state index in [0.29, 0.717) is 11.5 Å². The van der Waals surface area contributed by atoms with Gasteiger partial charge in [-0.2, -0.15) is 0 Å². The normalized spacial score (nSPS) is 27.1. The Balaban J connectivity index is 1.97. The highest BCUT2D eigenvalue weighted by Crippen LogP contribution is 2.37. The van der Waals surface area contributed by atoms with Crippen LogP contribution in [0.4, 0.5) is 0 Å². The number of carbonyl (C=O) groups excluding carboxylic acids is 1. The van der Waals surface area contributed by atoms with Crippen molar-refractivity contribution in [3.05, 3.63) is 23.7 Å². The SMILES string of the molecule is Cc1ccc(C2C(C(=O)O)OCC(=O)N2C2CCCCC2)o1. The molecule has 0 radical (unpaired) electrons. The summed E-state index contributed by atoms with van der Waals surface area (Å²) in [6.45, 7) is 1.62. The van der Waals surface area contributed by atoms with Gasteiger partial charge in [0.1, 0.15) is 24.2 Å². The zero-order chi connectivity index (χ0) is 15.7. The monoisotopic (exact) mass is 307 g/mol. The van der Waals surface area contributed by atoms with Crippen LogP contribution in [0.15, 0.2) is 16.5 Å². The lowest BCUT2D eigenvalue weighted by Crippen LogP contribution is -2.55. The van der Waals surface area contributed by atoms with E-state index in [1.54, 1.807) is 24.0 Å². The minimum Gasteiger partial charge on any atom is -0.479 e. The first kappa shape index (κ1) is 15.1. The van der Waals surface area contributed by atoms with Gasteiger partial charge in [-0.3, -0.25) is 4.79 Å². The first-order chi connectivity index (χ1) is 10.6. The summed E-state index contributed by atoms with van der Waals surface area (Å²) in [5.41, 5.74) is 0. The summed E-state index contributed by atoms with van der Waals surface area (Å²) in [5.74, 6) is -0.0277. The van der Waals surface area contributed by atoms with Crippen LogP contribution >= 0.6 is 0 Å². The number of aryl methyl sites for hydroxylation is 1. The Bertz CT molecular complexity index is 561. The maximum absolute atomic E-state index is 12.4. The number of carboxylic acid groups (broad SMARTS) is 1. The number of hydrogen-bond acceptors (Lipinski definition) is 4. The molecular formula is C16H21NO5. The van der Waals surface area contributed by atoms with Crippen LogP contribution in [0.5, 0.6) is 0 Å².